The maximum Gasteiger partial charge on any atom is 0.326 e. The average molecular weight is 1150 g/mol. The number of amides is 10. The maximum atomic E-state index is 14.4. The number of nitrogens with one attached hydrogen (secondary N) is 8. The highest BCUT2D eigenvalue weighted by Crippen LogP contribution is 2.14. The molecule has 0 bridgehead atoms. The molecule has 33 heteroatoms. The highest BCUT2D eigenvalue weighted by molar-refractivity contribution is 5.99. The molecule has 0 radical (unpaired) electrons. The van der Waals surface area contributed by atoms with Crippen molar-refractivity contribution < 1.29 is 72.9 Å². The van der Waals surface area contributed by atoms with Gasteiger partial charge in [-0.3, -0.25) is 62.7 Å². The van der Waals surface area contributed by atoms with Crippen molar-refractivity contribution >= 4 is 82.9 Å². The molecule has 1 aromatic carbocycles. The summed E-state index contributed by atoms with van der Waals surface area (Å²) in [5, 5.41) is 47.9. The summed E-state index contributed by atoms with van der Waals surface area (Å²) in [6.45, 7) is 2.51. The number of unbranched alkanes of at least 4 members (excludes halogenated alkanes) is 1. The molecular weight excluding hydrogens is 1070 g/mol. The highest BCUT2D eigenvalue weighted by atomic mass is 16.4. The third kappa shape index (κ3) is 29.6. The van der Waals surface area contributed by atoms with Crippen molar-refractivity contribution in [1.29, 1.82) is 0 Å². The van der Waals surface area contributed by atoms with Crippen molar-refractivity contribution in [3.8, 4) is 5.75 Å². The van der Waals surface area contributed by atoms with E-state index in [4.69, 9.17) is 51.0 Å². The number of primary amides is 2. The number of aliphatic imine (C=N–C) groups is 2. The number of hydrogen-bond donors (Lipinski definition) is 19. The first-order chi connectivity index (χ1) is 38.0. The van der Waals surface area contributed by atoms with Gasteiger partial charge in [-0.05, 0) is 87.9 Å². The molecule has 452 valence electrons. The zero-order chi connectivity index (χ0) is 61.4. The van der Waals surface area contributed by atoms with E-state index < -0.39 is 157 Å². The van der Waals surface area contributed by atoms with Crippen LogP contribution in [0, 0.1) is 5.92 Å². The van der Waals surface area contributed by atoms with Gasteiger partial charge in [-0.25, -0.2) is 4.79 Å². The first-order valence-corrected chi connectivity index (χ1v) is 25.8. The lowest BCUT2D eigenvalue weighted by molar-refractivity contribution is -0.142. The van der Waals surface area contributed by atoms with Crippen LogP contribution in [0.25, 0.3) is 0 Å². The van der Waals surface area contributed by atoms with E-state index in [9.17, 15) is 67.7 Å². The fourth-order valence-electron chi connectivity index (χ4n) is 7.43. The number of aromatic hydroxyl groups is 1. The second-order valence-electron chi connectivity index (χ2n) is 19.0. The molecule has 0 aliphatic carbocycles. The number of hydrogen-bond acceptors (Lipinski definition) is 17. The molecule has 33 nitrogen and oxygen atoms in total. The van der Waals surface area contributed by atoms with Crippen LogP contribution in [0.4, 0.5) is 0 Å². The fourth-order valence-corrected chi connectivity index (χ4v) is 7.43. The van der Waals surface area contributed by atoms with Crippen LogP contribution >= 0.6 is 0 Å². The molecule has 0 aliphatic heterocycles. The van der Waals surface area contributed by atoms with Gasteiger partial charge in [-0.15, -0.1) is 0 Å². The van der Waals surface area contributed by atoms with E-state index in [2.05, 4.69) is 52.5 Å². The zero-order valence-corrected chi connectivity index (χ0v) is 45.3. The summed E-state index contributed by atoms with van der Waals surface area (Å²) < 4.78 is 0. The molecule has 0 heterocycles. The van der Waals surface area contributed by atoms with E-state index in [1.165, 1.54) is 38.1 Å². The smallest absolute Gasteiger partial charge is 0.326 e. The van der Waals surface area contributed by atoms with Crippen molar-refractivity contribution in [3.05, 3.63) is 29.8 Å². The summed E-state index contributed by atoms with van der Waals surface area (Å²) in [6, 6.07) is -6.86. The minimum absolute atomic E-state index is 0.0209. The molecule has 0 saturated carbocycles. The van der Waals surface area contributed by atoms with E-state index in [1.54, 1.807) is 0 Å². The van der Waals surface area contributed by atoms with Crippen LogP contribution < -0.4 is 88.4 Å². The normalized spacial score (nSPS) is 13.8. The van der Waals surface area contributed by atoms with Gasteiger partial charge in [0.15, 0.2) is 11.9 Å². The molecule has 0 fully saturated rings. The molecule has 10 amide bonds. The summed E-state index contributed by atoms with van der Waals surface area (Å²) in [5.74, 6) is -14.1. The molecule has 27 N–H and O–H groups in total. The molecule has 0 aliphatic rings. The summed E-state index contributed by atoms with van der Waals surface area (Å²) in [6.07, 6.45) is -2.41. The van der Waals surface area contributed by atoms with Crippen LogP contribution in [0.5, 0.6) is 5.75 Å². The monoisotopic (exact) mass is 1150 g/mol. The van der Waals surface area contributed by atoms with Crippen molar-refractivity contribution in [2.45, 2.75) is 146 Å². The maximum absolute atomic E-state index is 14.4. The predicted octanol–water partition coefficient (Wildman–Crippen LogP) is -7.25. The van der Waals surface area contributed by atoms with E-state index in [0.29, 0.717) is 24.9 Å². The number of nitrogens with zero attached hydrogens (tertiary/aromatic N) is 2. The molecule has 0 saturated heterocycles. The SMILES string of the molecule is CC(C)[C@H](NC(=O)[C@@H](N)CCC(=O)O)C(=O)N[C@@H](CCC(N)=O)C(=O)N[C@@H](CC(N)=O)C(=O)N[C@@H](CCCN=C(N)N)C(=O)N[C@@H](Cc1ccc(O)cc1)C(=O)N[C@@H](CCCN=C(N)N)C(=O)NCC(=O)N[C@@H](CCCCN)C(=O)O. The fraction of sp³-hybridized carbons (Fsp3) is 0.583. The van der Waals surface area contributed by atoms with Crippen molar-refractivity contribution in [2.75, 3.05) is 26.2 Å². The number of rotatable bonds is 40. The van der Waals surface area contributed by atoms with Crippen molar-refractivity contribution in [2.24, 2.45) is 61.8 Å². The number of nitrogens with two attached hydrogens (primary N) is 8. The standard InChI is InChI=1S/C48H80N18O15/c1-24(2)38(66-39(73)27(50)14-17-37(71)72)45(79)63-30(15-16-34(51)68)42(76)65-33(22-35(52)69)44(78)62-29(9-6-20-58-48(55)56)41(75)64-32(21-25-10-12-26(67)13-11-25)43(77)61-28(8-5-19-57-47(53)54)40(74)59-23-36(70)60-31(46(80)81)7-3-4-18-49/h10-13,24,27-33,38,67H,3-9,14-23,49-50H2,1-2H3,(H2,51,68)(H2,52,69)(H,59,74)(H,60,70)(H,61,77)(H,62,78)(H,63,79)(H,64,75)(H,65,76)(H,66,73)(H,71,72)(H,80,81)(H4,53,54,57)(H4,55,56,58)/t27-,28-,29-,30-,31-,32-,33-,38-/m0/s1. The lowest BCUT2D eigenvalue weighted by Gasteiger charge is -2.28. The summed E-state index contributed by atoms with van der Waals surface area (Å²) in [7, 11) is 0. The molecule has 1 aromatic rings. The molecule has 0 aromatic heterocycles. The van der Waals surface area contributed by atoms with E-state index in [-0.39, 0.29) is 75.7 Å². The zero-order valence-electron chi connectivity index (χ0n) is 45.3. The van der Waals surface area contributed by atoms with Crippen LogP contribution in [0.1, 0.15) is 96.5 Å². The Morgan fingerprint density at radius 2 is 1.00 bits per heavy atom. The van der Waals surface area contributed by atoms with Gasteiger partial charge in [-0.2, -0.15) is 0 Å². The molecule has 1 rings (SSSR count). The number of guanidine groups is 2. The van der Waals surface area contributed by atoms with Crippen LogP contribution in [0.3, 0.4) is 0 Å². The number of carbonyl (C=O) groups excluding carboxylic acids is 10. The van der Waals surface area contributed by atoms with E-state index in [0.717, 1.165) is 0 Å². The molecule has 0 spiro atoms. The minimum atomic E-state index is -1.90. The highest BCUT2D eigenvalue weighted by Gasteiger charge is 2.35. The summed E-state index contributed by atoms with van der Waals surface area (Å²) in [5.41, 5.74) is 44.4. The first kappa shape index (κ1) is 70.1. The number of phenolic OH excluding ortho intramolecular Hbond substituents is 1. The first-order valence-electron chi connectivity index (χ1n) is 25.8. The predicted molar refractivity (Wildman–Crippen MR) is 291 cm³/mol. The van der Waals surface area contributed by atoms with Crippen LogP contribution in [-0.4, -0.2) is 173 Å². The van der Waals surface area contributed by atoms with Gasteiger partial charge in [0.05, 0.1) is 19.0 Å². The topological polar surface area (TPSA) is 595 Å². The number of carboxylic acids is 2. The number of carboxylic acid groups (broad SMARTS) is 2. The van der Waals surface area contributed by atoms with Crippen LogP contribution in [0.15, 0.2) is 34.3 Å². The number of benzene rings is 1. The Kier molecular flexibility index (Phi) is 32.1. The van der Waals surface area contributed by atoms with Crippen molar-refractivity contribution in [1.82, 2.24) is 42.5 Å². The van der Waals surface area contributed by atoms with E-state index in [1.807, 2.05) is 0 Å². The third-order valence-electron chi connectivity index (χ3n) is 11.8. The molecular formula is C48H80N18O15. The quantitative estimate of drug-likeness (QED) is 0.0165. The van der Waals surface area contributed by atoms with Gasteiger partial charge < -0.3 is 104 Å². The Balaban J connectivity index is 3.68. The van der Waals surface area contributed by atoms with Crippen LogP contribution in [-0.2, 0) is 64.0 Å². The molecule has 81 heavy (non-hydrogen) atoms. The second kappa shape index (κ2) is 37.1. The largest absolute Gasteiger partial charge is 0.508 e. The Bertz CT molecular complexity index is 2380. The third-order valence-corrected chi connectivity index (χ3v) is 11.8. The Morgan fingerprint density at radius 1 is 0.519 bits per heavy atom. The number of aliphatic carboxylic acids is 2. The van der Waals surface area contributed by atoms with Gasteiger partial charge >= 0.3 is 11.9 Å². The van der Waals surface area contributed by atoms with Crippen LogP contribution in [0.2, 0.25) is 0 Å². The summed E-state index contributed by atoms with van der Waals surface area (Å²) >= 11 is 0. The summed E-state index contributed by atoms with van der Waals surface area (Å²) in [4.78, 5) is 165. The van der Waals surface area contributed by atoms with Gasteiger partial charge in [-0.1, -0.05) is 26.0 Å². The lowest BCUT2D eigenvalue weighted by Crippen LogP contribution is -2.61. The Morgan fingerprint density at radius 3 is 1.49 bits per heavy atom. The Hall–Kier alpha value is -8.88. The molecule has 8 atom stereocenters. The molecule has 0 unspecified atom stereocenters. The average Bonchev–Trinajstić information content (AvgIpc) is 3.38. The van der Waals surface area contributed by atoms with E-state index >= 15 is 0 Å². The second-order valence-corrected chi connectivity index (χ2v) is 19.0. The van der Waals surface area contributed by atoms with Gasteiger partial charge in [0, 0.05) is 32.4 Å². The van der Waals surface area contributed by atoms with Crippen molar-refractivity contribution in [3.63, 3.8) is 0 Å². The minimum Gasteiger partial charge on any atom is -0.508 e. The van der Waals surface area contributed by atoms with Gasteiger partial charge in [0.2, 0.25) is 59.1 Å². The lowest BCUT2D eigenvalue weighted by atomic mass is 10.0. The van der Waals surface area contributed by atoms with Gasteiger partial charge in [0.25, 0.3) is 0 Å². The van der Waals surface area contributed by atoms with Gasteiger partial charge in [0.1, 0.15) is 48.0 Å². The Labute approximate surface area is 466 Å². The number of phenols is 1. The number of carbonyl (C=O) groups is 12.